The van der Waals surface area contributed by atoms with Gasteiger partial charge in [0.25, 0.3) is 0 Å². The smallest absolute Gasteiger partial charge is 0.240 e. The van der Waals surface area contributed by atoms with Gasteiger partial charge in [0.15, 0.2) is 0 Å². The van der Waals surface area contributed by atoms with Crippen LogP contribution >= 0.6 is 22.6 Å². The Morgan fingerprint density at radius 2 is 2.23 bits per heavy atom. The third-order valence-corrected chi connectivity index (χ3v) is 2.18. The molecule has 0 spiro atoms. The van der Waals surface area contributed by atoms with Crippen LogP contribution in [0.2, 0.25) is 0 Å². The van der Waals surface area contributed by atoms with E-state index in [9.17, 15) is 4.79 Å². The van der Waals surface area contributed by atoms with Crippen molar-refractivity contribution in [2.75, 3.05) is 0 Å². The molecule has 0 aliphatic heterocycles. The van der Waals surface area contributed by atoms with Crippen molar-refractivity contribution in [3.05, 3.63) is 29.6 Å². The summed E-state index contributed by atoms with van der Waals surface area (Å²) in [5.74, 6) is 0.576. The molecule has 1 aromatic rings. The highest BCUT2D eigenvalue weighted by Gasteiger charge is 2.04. The largest absolute Gasteiger partial charge is 0.280 e. The third kappa shape index (κ3) is 3.42. The number of pyridine rings is 1. The quantitative estimate of drug-likeness (QED) is 0.632. The van der Waals surface area contributed by atoms with Crippen LogP contribution in [-0.2, 0) is 6.42 Å². The van der Waals surface area contributed by atoms with Gasteiger partial charge >= 0.3 is 0 Å². The molecule has 2 nitrogen and oxygen atoms in total. The van der Waals surface area contributed by atoms with Crippen LogP contribution in [0.5, 0.6) is 0 Å². The number of nitrogens with zero attached hydrogens (tertiary/aromatic N) is 1. The molecule has 0 saturated heterocycles. The normalized spacial score (nSPS) is 10.5. The van der Waals surface area contributed by atoms with Crippen molar-refractivity contribution in [2.24, 2.45) is 5.92 Å². The molecule has 0 aliphatic rings. The van der Waals surface area contributed by atoms with Gasteiger partial charge < -0.3 is 0 Å². The predicted octanol–water partition coefficient (Wildman–Crippen LogP) is 2.86. The first-order valence-corrected chi connectivity index (χ1v) is 5.33. The van der Waals surface area contributed by atoms with Crippen molar-refractivity contribution in [1.29, 1.82) is 0 Å². The van der Waals surface area contributed by atoms with Crippen molar-refractivity contribution < 1.29 is 4.79 Å². The van der Waals surface area contributed by atoms with Gasteiger partial charge in [-0.1, -0.05) is 19.9 Å². The molecule has 70 valence electrons. The number of halogens is 1. The molecule has 13 heavy (non-hydrogen) atoms. The van der Waals surface area contributed by atoms with Gasteiger partial charge in [-0.25, -0.2) is 4.98 Å². The first-order chi connectivity index (χ1) is 6.09. The molecule has 0 unspecified atom stereocenters. The standard InChI is InChI=1S/C10H12INO/c1-7(2)6-8-4-3-5-9(12-8)10(11)13/h3-5,7H,6H2,1-2H3. The van der Waals surface area contributed by atoms with E-state index < -0.39 is 0 Å². The Morgan fingerprint density at radius 1 is 1.54 bits per heavy atom. The molecule has 1 aromatic heterocycles. The van der Waals surface area contributed by atoms with Crippen LogP contribution in [0, 0.1) is 5.92 Å². The van der Waals surface area contributed by atoms with E-state index in [0.717, 1.165) is 12.1 Å². The van der Waals surface area contributed by atoms with Crippen LogP contribution in [-0.4, -0.2) is 8.77 Å². The summed E-state index contributed by atoms with van der Waals surface area (Å²) in [5, 5.41) is 0. The molecule has 0 aromatic carbocycles. The first kappa shape index (κ1) is 10.6. The van der Waals surface area contributed by atoms with Gasteiger partial charge in [0.05, 0.1) is 0 Å². The number of hydrogen-bond donors (Lipinski definition) is 0. The van der Waals surface area contributed by atoms with Crippen LogP contribution in [0.3, 0.4) is 0 Å². The minimum absolute atomic E-state index is 0.00297. The van der Waals surface area contributed by atoms with Crippen LogP contribution in [0.15, 0.2) is 18.2 Å². The van der Waals surface area contributed by atoms with E-state index in [2.05, 4.69) is 18.8 Å². The molecule has 0 N–H and O–H groups in total. The Morgan fingerprint density at radius 3 is 2.77 bits per heavy atom. The lowest BCUT2D eigenvalue weighted by atomic mass is 10.1. The number of rotatable bonds is 3. The van der Waals surface area contributed by atoms with Crippen molar-refractivity contribution in [3.8, 4) is 0 Å². The molecule has 0 aliphatic carbocycles. The summed E-state index contributed by atoms with van der Waals surface area (Å²) in [6, 6.07) is 5.60. The summed E-state index contributed by atoms with van der Waals surface area (Å²) in [5.41, 5.74) is 1.55. The van der Waals surface area contributed by atoms with E-state index >= 15 is 0 Å². The molecular weight excluding hydrogens is 277 g/mol. The highest BCUT2D eigenvalue weighted by atomic mass is 127. The summed E-state index contributed by atoms with van der Waals surface area (Å²) < 4.78 is 0.00297. The average molecular weight is 289 g/mol. The predicted molar refractivity (Wildman–Crippen MR) is 61.1 cm³/mol. The zero-order valence-electron chi connectivity index (χ0n) is 7.75. The van der Waals surface area contributed by atoms with E-state index in [1.807, 2.05) is 12.1 Å². The van der Waals surface area contributed by atoms with Crippen molar-refractivity contribution in [3.63, 3.8) is 0 Å². The van der Waals surface area contributed by atoms with E-state index in [1.54, 1.807) is 28.7 Å². The molecule has 0 bridgehead atoms. The molecule has 0 radical (unpaired) electrons. The number of carbonyl (C=O) groups is 1. The van der Waals surface area contributed by atoms with Crippen LogP contribution in [0.1, 0.15) is 30.0 Å². The lowest BCUT2D eigenvalue weighted by Crippen LogP contribution is -2.01. The molecule has 0 saturated carbocycles. The fourth-order valence-electron chi connectivity index (χ4n) is 1.12. The van der Waals surface area contributed by atoms with Gasteiger partial charge in [0, 0.05) is 28.3 Å². The second kappa shape index (κ2) is 4.69. The molecule has 1 rings (SSSR count). The second-order valence-electron chi connectivity index (χ2n) is 3.39. The van der Waals surface area contributed by atoms with Gasteiger partial charge in [-0.3, -0.25) is 4.79 Å². The van der Waals surface area contributed by atoms with Crippen LogP contribution in [0.4, 0.5) is 0 Å². The summed E-state index contributed by atoms with van der Waals surface area (Å²) in [6.07, 6.45) is 0.928. The summed E-state index contributed by atoms with van der Waals surface area (Å²) in [6.45, 7) is 4.28. The maximum Gasteiger partial charge on any atom is 0.240 e. The van der Waals surface area contributed by atoms with Crippen LogP contribution < -0.4 is 0 Å². The number of carbonyl (C=O) groups excluding carboxylic acids is 1. The highest BCUT2D eigenvalue weighted by Crippen LogP contribution is 2.08. The molecule has 0 amide bonds. The van der Waals surface area contributed by atoms with Gasteiger partial charge in [0.2, 0.25) is 3.79 Å². The molecule has 3 heteroatoms. The summed E-state index contributed by atoms with van der Waals surface area (Å²) in [7, 11) is 0. The van der Waals surface area contributed by atoms with Gasteiger partial charge in [-0.2, -0.15) is 0 Å². The van der Waals surface area contributed by atoms with E-state index in [0.29, 0.717) is 11.6 Å². The zero-order valence-corrected chi connectivity index (χ0v) is 9.91. The topological polar surface area (TPSA) is 30.0 Å². The number of hydrogen-bond acceptors (Lipinski definition) is 2. The minimum Gasteiger partial charge on any atom is -0.280 e. The maximum absolute atomic E-state index is 11.0. The highest BCUT2D eigenvalue weighted by molar-refractivity contribution is 14.1. The average Bonchev–Trinajstić information content (AvgIpc) is 2.03. The van der Waals surface area contributed by atoms with E-state index in [-0.39, 0.29) is 3.79 Å². The zero-order chi connectivity index (χ0) is 9.84. The van der Waals surface area contributed by atoms with Crippen LogP contribution in [0.25, 0.3) is 0 Å². The third-order valence-electron chi connectivity index (χ3n) is 1.63. The van der Waals surface area contributed by atoms with Gasteiger partial charge in [-0.05, 0) is 24.5 Å². The van der Waals surface area contributed by atoms with Crippen molar-refractivity contribution in [1.82, 2.24) is 4.98 Å². The lowest BCUT2D eigenvalue weighted by molar-refractivity contribution is 0.110. The Balaban J connectivity index is 2.85. The Labute approximate surface area is 91.9 Å². The van der Waals surface area contributed by atoms with Crippen molar-refractivity contribution in [2.45, 2.75) is 20.3 Å². The Bertz CT molecular complexity index is 310. The Kier molecular flexibility index (Phi) is 3.84. The SMILES string of the molecule is CC(C)Cc1cccc(C(=O)I)n1. The molecule has 0 atom stereocenters. The molecule has 1 heterocycles. The first-order valence-electron chi connectivity index (χ1n) is 4.25. The van der Waals surface area contributed by atoms with Gasteiger partial charge in [-0.15, -0.1) is 0 Å². The van der Waals surface area contributed by atoms with Gasteiger partial charge in [0.1, 0.15) is 5.69 Å². The molecule has 0 fully saturated rings. The summed E-state index contributed by atoms with van der Waals surface area (Å²) in [4.78, 5) is 15.3. The maximum atomic E-state index is 11.0. The fourth-order valence-corrected chi connectivity index (χ4v) is 1.42. The second-order valence-corrected chi connectivity index (χ2v) is 4.37. The minimum atomic E-state index is 0.00297. The van der Waals surface area contributed by atoms with Crippen molar-refractivity contribution >= 4 is 26.4 Å². The van der Waals surface area contributed by atoms with E-state index in [4.69, 9.17) is 0 Å². The number of aromatic nitrogens is 1. The monoisotopic (exact) mass is 289 g/mol. The lowest BCUT2D eigenvalue weighted by Gasteiger charge is -2.04. The Hall–Kier alpha value is -0.450. The molecular formula is C10H12INO. The summed E-state index contributed by atoms with van der Waals surface area (Å²) >= 11 is 1.76. The van der Waals surface area contributed by atoms with E-state index in [1.165, 1.54) is 0 Å². The fraction of sp³-hybridized carbons (Fsp3) is 0.400.